The molecule has 11 heteroatoms. The number of aliphatic hydroxyl groups excluding tert-OH is 1. The molecule has 35 heavy (non-hydrogen) atoms. The average Bonchev–Trinajstić information content (AvgIpc) is 2.81. The van der Waals surface area contributed by atoms with Crippen LogP contribution < -0.4 is 5.56 Å². The predicted molar refractivity (Wildman–Crippen MR) is 125 cm³/mol. The van der Waals surface area contributed by atoms with Gasteiger partial charge < -0.3 is 24.7 Å². The van der Waals surface area contributed by atoms with Crippen LogP contribution in [-0.4, -0.2) is 68.9 Å². The highest BCUT2D eigenvalue weighted by Crippen LogP contribution is 2.32. The number of fused-ring (bicyclic) bond motifs is 3. The number of aliphatic hydroxyl groups is 1. The number of rotatable bonds is 5. The van der Waals surface area contributed by atoms with Crippen molar-refractivity contribution in [3.63, 3.8) is 0 Å². The first-order valence-corrected chi connectivity index (χ1v) is 11.8. The summed E-state index contributed by atoms with van der Waals surface area (Å²) in [6, 6.07) is 3.53. The summed E-state index contributed by atoms with van der Waals surface area (Å²) >= 11 is 5.86. The van der Waals surface area contributed by atoms with Crippen LogP contribution in [0.1, 0.15) is 58.3 Å². The molecule has 0 radical (unpaired) electrons. The van der Waals surface area contributed by atoms with Gasteiger partial charge in [0.1, 0.15) is 18.2 Å². The van der Waals surface area contributed by atoms with Gasteiger partial charge in [-0.15, -0.1) is 0 Å². The molecule has 2 N–H and O–H groups in total. The van der Waals surface area contributed by atoms with Crippen LogP contribution in [0.25, 0.3) is 0 Å². The third kappa shape index (κ3) is 4.65. The first-order chi connectivity index (χ1) is 16.6. The number of amides is 2. The van der Waals surface area contributed by atoms with Crippen molar-refractivity contribution in [3.8, 4) is 5.75 Å². The van der Waals surface area contributed by atoms with Gasteiger partial charge in [0.2, 0.25) is 0 Å². The van der Waals surface area contributed by atoms with Crippen LogP contribution in [0, 0.1) is 5.82 Å². The molecular formula is C24H27ClFN3O6. The Kier molecular flexibility index (Phi) is 7.16. The topological polar surface area (TPSA) is 112 Å². The Morgan fingerprint density at radius 2 is 1.94 bits per heavy atom. The first kappa shape index (κ1) is 25.2. The lowest BCUT2D eigenvalue weighted by atomic mass is 9.93. The summed E-state index contributed by atoms with van der Waals surface area (Å²) in [5.74, 6) is -2.47. The van der Waals surface area contributed by atoms with Gasteiger partial charge >= 0.3 is 0 Å². The van der Waals surface area contributed by atoms with E-state index in [4.69, 9.17) is 16.3 Å². The van der Waals surface area contributed by atoms with Crippen molar-refractivity contribution in [1.29, 1.82) is 0 Å². The number of nitrogens with zero attached hydrogens (tertiary/aromatic N) is 3. The smallest absolute Gasteiger partial charge is 0.294 e. The Hall–Kier alpha value is -2.95. The number of pyridine rings is 1. The van der Waals surface area contributed by atoms with Crippen molar-refractivity contribution in [3.05, 3.63) is 61.8 Å². The number of aromatic hydroxyl groups is 1. The number of β-amino-alcohol motifs (C(OH)–C–C–N with tert-alkyl or cyclic N) is 1. The fourth-order valence-corrected chi connectivity index (χ4v) is 4.95. The molecule has 2 aliphatic rings. The molecule has 9 nitrogen and oxygen atoms in total. The lowest BCUT2D eigenvalue weighted by Gasteiger charge is -2.36. The summed E-state index contributed by atoms with van der Waals surface area (Å²) in [4.78, 5) is 42.9. The van der Waals surface area contributed by atoms with E-state index in [1.807, 2.05) is 0 Å². The Balaban J connectivity index is 1.80. The molecule has 0 fully saturated rings. The number of ether oxygens (including phenoxy) is 1. The van der Waals surface area contributed by atoms with E-state index in [0.29, 0.717) is 12.2 Å². The summed E-state index contributed by atoms with van der Waals surface area (Å²) in [6.07, 6.45) is -0.512. The van der Waals surface area contributed by atoms with E-state index in [9.17, 15) is 29.0 Å². The van der Waals surface area contributed by atoms with Crippen LogP contribution in [-0.2, 0) is 17.7 Å². The molecule has 2 atom stereocenters. The molecule has 0 saturated heterocycles. The number of carbonyl (C=O) groups is 2. The summed E-state index contributed by atoms with van der Waals surface area (Å²) in [7, 11) is 0. The second-order valence-electron chi connectivity index (χ2n) is 8.84. The maximum absolute atomic E-state index is 13.6. The summed E-state index contributed by atoms with van der Waals surface area (Å²) in [5.41, 5.74) is -0.184. The maximum atomic E-state index is 13.6. The van der Waals surface area contributed by atoms with Crippen LogP contribution in [0.3, 0.4) is 0 Å². The van der Waals surface area contributed by atoms with Crippen molar-refractivity contribution in [2.45, 2.75) is 45.4 Å². The van der Waals surface area contributed by atoms with Crippen molar-refractivity contribution < 1.29 is 28.9 Å². The number of halogens is 2. The van der Waals surface area contributed by atoms with E-state index < -0.39 is 41.1 Å². The Labute approximate surface area is 206 Å². The van der Waals surface area contributed by atoms with Gasteiger partial charge in [-0.1, -0.05) is 17.7 Å². The number of hydrogen-bond acceptors (Lipinski definition) is 6. The minimum absolute atomic E-state index is 0.0123. The zero-order valence-electron chi connectivity index (χ0n) is 19.5. The molecule has 4 rings (SSSR count). The molecule has 0 bridgehead atoms. The molecule has 3 heterocycles. The maximum Gasteiger partial charge on any atom is 0.294 e. The van der Waals surface area contributed by atoms with Gasteiger partial charge in [-0.3, -0.25) is 19.0 Å². The van der Waals surface area contributed by atoms with Gasteiger partial charge in [-0.05, 0) is 44.4 Å². The zero-order chi connectivity index (χ0) is 25.4. The van der Waals surface area contributed by atoms with Crippen molar-refractivity contribution >= 4 is 23.4 Å². The first-order valence-electron chi connectivity index (χ1n) is 11.4. The normalized spacial score (nSPS) is 20.4. The molecule has 1 aromatic heterocycles. The lowest BCUT2D eigenvalue weighted by Crippen LogP contribution is -2.48. The van der Waals surface area contributed by atoms with E-state index in [1.165, 1.54) is 32.6 Å². The monoisotopic (exact) mass is 507 g/mol. The summed E-state index contributed by atoms with van der Waals surface area (Å²) in [5, 5.41) is 21.2. The quantitative estimate of drug-likeness (QED) is 0.642. The highest BCUT2D eigenvalue weighted by atomic mass is 35.5. The highest BCUT2D eigenvalue weighted by Gasteiger charge is 2.38. The number of carbonyl (C=O) groups excluding carboxylic acids is 2. The highest BCUT2D eigenvalue weighted by molar-refractivity contribution is 6.30. The number of aromatic nitrogens is 1. The number of benzene rings is 1. The fourth-order valence-electron chi connectivity index (χ4n) is 4.74. The van der Waals surface area contributed by atoms with E-state index >= 15 is 0 Å². The van der Waals surface area contributed by atoms with Crippen LogP contribution in [0.2, 0.25) is 5.02 Å². The van der Waals surface area contributed by atoms with Gasteiger partial charge in [0.15, 0.2) is 5.75 Å². The molecule has 2 aromatic rings. The van der Waals surface area contributed by atoms with Crippen LogP contribution in [0.4, 0.5) is 4.39 Å². The van der Waals surface area contributed by atoms with Gasteiger partial charge in [-0.2, -0.15) is 0 Å². The van der Waals surface area contributed by atoms with Crippen LogP contribution >= 0.6 is 11.6 Å². The largest absolute Gasteiger partial charge is 0.502 e. The van der Waals surface area contributed by atoms with E-state index in [2.05, 4.69) is 0 Å². The Morgan fingerprint density at radius 1 is 1.20 bits per heavy atom. The van der Waals surface area contributed by atoms with Crippen molar-refractivity contribution in [2.24, 2.45) is 0 Å². The molecule has 0 aliphatic carbocycles. The predicted octanol–water partition coefficient (Wildman–Crippen LogP) is 2.31. The summed E-state index contributed by atoms with van der Waals surface area (Å²) in [6.45, 7) is 4.02. The lowest BCUT2D eigenvalue weighted by molar-refractivity contribution is 0.00256. The van der Waals surface area contributed by atoms with Crippen LogP contribution in [0.5, 0.6) is 5.75 Å². The van der Waals surface area contributed by atoms with E-state index in [1.54, 1.807) is 13.8 Å². The van der Waals surface area contributed by atoms with Gasteiger partial charge in [0.05, 0.1) is 16.7 Å². The standard InChI is InChI=1S/C24H27ClFN3O6/c1-3-35-12-28-11-15(30)8-13(2)29-20(23(28)33)16-6-7-27(22(32)19(16)21(31)24(29)34)10-14-4-5-18(26)17(25)9-14/h4-5,9,13,15,30-31H,3,6-8,10-12H2,1-2H3/t13-,15+/m0/s1. The van der Waals surface area contributed by atoms with E-state index in [-0.39, 0.29) is 61.1 Å². The Bertz CT molecular complexity index is 1230. The molecule has 2 amide bonds. The summed E-state index contributed by atoms with van der Waals surface area (Å²) < 4.78 is 20.1. The van der Waals surface area contributed by atoms with Crippen molar-refractivity contribution in [2.75, 3.05) is 26.4 Å². The molecule has 188 valence electrons. The third-order valence-corrected chi connectivity index (χ3v) is 6.69. The van der Waals surface area contributed by atoms with Gasteiger partial charge in [-0.25, -0.2) is 4.39 Å². The minimum atomic E-state index is -0.896. The SMILES string of the molecule is CCOCN1C[C@H](O)C[C@H](C)n2c(c3c(c(O)c2=O)C(=O)N(Cc2ccc(F)c(Cl)c2)CC3)C1=O. The Morgan fingerprint density at radius 3 is 2.63 bits per heavy atom. The third-order valence-electron chi connectivity index (χ3n) is 6.40. The van der Waals surface area contributed by atoms with Crippen LogP contribution in [0.15, 0.2) is 23.0 Å². The molecule has 0 saturated carbocycles. The molecule has 1 aromatic carbocycles. The molecule has 2 aliphatic heterocycles. The second kappa shape index (κ2) is 9.96. The molecule has 0 unspecified atom stereocenters. The second-order valence-corrected chi connectivity index (χ2v) is 9.25. The zero-order valence-corrected chi connectivity index (χ0v) is 20.2. The molecular weight excluding hydrogens is 481 g/mol. The van der Waals surface area contributed by atoms with Gasteiger partial charge in [0, 0.05) is 37.8 Å². The number of hydrogen-bond donors (Lipinski definition) is 2. The average molecular weight is 508 g/mol. The van der Waals surface area contributed by atoms with Crippen molar-refractivity contribution in [1.82, 2.24) is 14.4 Å². The molecule has 0 spiro atoms. The van der Waals surface area contributed by atoms with Gasteiger partial charge in [0.25, 0.3) is 17.4 Å². The minimum Gasteiger partial charge on any atom is -0.502 e. The fraction of sp³-hybridized carbons (Fsp3) is 0.458. The van der Waals surface area contributed by atoms with E-state index in [0.717, 1.165) is 0 Å².